The Hall–Kier alpha value is -0.800. The summed E-state index contributed by atoms with van der Waals surface area (Å²) in [7, 11) is 2.16. The van der Waals surface area contributed by atoms with Crippen molar-refractivity contribution in [2.45, 2.75) is 52.2 Å². The van der Waals surface area contributed by atoms with Gasteiger partial charge in [0.25, 0.3) is 0 Å². The molecule has 1 aromatic rings. The maximum atomic E-state index is 5.84. The largest absolute Gasteiger partial charge is 0.463 e. The monoisotopic (exact) mass is 250 g/mol. The molecular formula is C15H26N2O. The molecule has 2 rings (SSSR count). The van der Waals surface area contributed by atoms with Crippen molar-refractivity contribution in [1.82, 2.24) is 10.2 Å². The molecule has 1 N–H and O–H groups in total. The second-order valence-electron chi connectivity index (χ2n) is 5.73. The van der Waals surface area contributed by atoms with E-state index in [1.54, 1.807) is 0 Å². The summed E-state index contributed by atoms with van der Waals surface area (Å²) in [5, 5.41) is 3.47. The smallest absolute Gasteiger partial charge is 0.118 e. The summed E-state index contributed by atoms with van der Waals surface area (Å²) < 4.78 is 5.84. The number of nitrogens with zero attached hydrogens (tertiary/aromatic N) is 1. The molecule has 1 unspecified atom stereocenters. The Morgan fingerprint density at radius 2 is 2.11 bits per heavy atom. The van der Waals surface area contributed by atoms with Gasteiger partial charge in [0.05, 0.1) is 13.1 Å². The Morgan fingerprint density at radius 1 is 1.39 bits per heavy atom. The summed E-state index contributed by atoms with van der Waals surface area (Å²) in [6.45, 7) is 7.46. The summed E-state index contributed by atoms with van der Waals surface area (Å²) in [5.74, 6) is 2.89. The van der Waals surface area contributed by atoms with E-state index in [0.29, 0.717) is 0 Å². The van der Waals surface area contributed by atoms with Crippen LogP contribution in [0.3, 0.4) is 0 Å². The van der Waals surface area contributed by atoms with Crippen LogP contribution < -0.4 is 5.32 Å². The van der Waals surface area contributed by atoms with E-state index in [1.807, 2.05) is 0 Å². The number of furan rings is 1. The third-order valence-corrected chi connectivity index (χ3v) is 3.61. The van der Waals surface area contributed by atoms with E-state index < -0.39 is 0 Å². The molecule has 1 aromatic heterocycles. The third-order valence-electron chi connectivity index (χ3n) is 3.61. The molecule has 18 heavy (non-hydrogen) atoms. The van der Waals surface area contributed by atoms with Crippen LogP contribution in [0, 0.1) is 5.92 Å². The van der Waals surface area contributed by atoms with Crippen molar-refractivity contribution >= 4 is 0 Å². The molecule has 1 atom stereocenters. The van der Waals surface area contributed by atoms with Crippen LogP contribution in [-0.4, -0.2) is 24.5 Å². The van der Waals surface area contributed by atoms with Gasteiger partial charge in [0.1, 0.15) is 11.5 Å². The van der Waals surface area contributed by atoms with Gasteiger partial charge in [-0.2, -0.15) is 0 Å². The van der Waals surface area contributed by atoms with Gasteiger partial charge in [-0.05, 0) is 37.9 Å². The van der Waals surface area contributed by atoms with Gasteiger partial charge in [-0.25, -0.2) is 0 Å². The van der Waals surface area contributed by atoms with Crippen molar-refractivity contribution in [2.75, 3.05) is 13.6 Å². The highest BCUT2D eigenvalue weighted by Gasteiger charge is 2.20. The molecule has 0 aliphatic heterocycles. The van der Waals surface area contributed by atoms with Gasteiger partial charge in [-0.15, -0.1) is 0 Å². The summed E-state index contributed by atoms with van der Waals surface area (Å²) in [5.41, 5.74) is 0. The zero-order valence-corrected chi connectivity index (χ0v) is 11.9. The number of hydrogen-bond acceptors (Lipinski definition) is 3. The van der Waals surface area contributed by atoms with E-state index in [9.17, 15) is 0 Å². The standard InChI is InChI=1S/C15H26N2O/c1-4-12(2)10-17(3)11-15-8-7-14(18-15)9-16-13-5-6-13/h7-8,12-13,16H,4-6,9-11H2,1-3H3. The lowest BCUT2D eigenvalue weighted by molar-refractivity contribution is 0.251. The molecule has 1 fully saturated rings. The molecule has 3 heteroatoms. The van der Waals surface area contributed by atoms with Crippen LogP contribution >= 0.6 is 0 Å². The first-order chi connectivity index (χ1) is 8.67. The Bertz CT molecular complexity index is 357. The summed E-state index contributed by atoms with van der Waals surface area (Å²) >= 11 is 0. The average Bonchev–Trinajstić information content (AvgIpc) is 3.07. The highest BCUT2D eigenvalue weighted by atomic mass is 16.3. The van der Waals surface area contributed by atoms with Crippen molar-refractivity contribution in [3.05, 3.63) is 23.7 Å². The Balaban J connectivity index is 1.74. The predicted molar refractivity (Wildman–Crippen MR) is 74.4 cm³/mol. The highest BCUT2D eigenvalue weighted by Crippen LogP contribution is 2.20. The van der Waals surface area contributed by atoms with E-state index in [4.69, 9.17) is 4.42 Å². The third kappa shape index (κ3) is 4.46. The first-order valence-corrected chi connectivity index (χ1v) is 7.17. The minimum Gasteiger partial charge on any atom is -0.463 e. The van der Waals surface area contributed by atoms with Crippen LogP contribution in [-0.2, 0) is 13.1 Å². The zero-order chi connectivity index (χ0) is 13.0. The predicted octanol–water partition coefficient (Wildman–Crippen LogP) is 3.01. The molecule has 0 aromatic carbocycles. The fraction of sp³-hybridized carbons (Fsp3) is 0.733. The van der Waals surface area contributed by atoms with Gasteiger partial charge < -0.3 is 9.73 Å². The van der Waals surface area contributed by atoms with Crippen molar-refractivity contribution in [2.24, 2.45) is 5.92 Å². The molecule has 3 nitrogen and oxygen atoms in total. The number of rotatable bonds is 8. The molecular weight excluding hydrogens is 224 g/mol. The maximum absolute atomic E-state index is 5.84. The van der Waals surface area contributed by atoms with Gasteiger partial charge in [-0.1, -0.05) is 20.3 Å². The normalized spacial score (nSPS) is 17.3. The minimum atomic E-state index is 0.742. The Morgan fingerprint density at radius 3 is 2.78 bits per heavy atom. The van der Waals surface area contributed by atoms with E-state index in [2.05, 4.69) is 43.2 Å². The highest BCUT2D eigenvalue weighted by molar-refractivity contribution is 5.07. The van der Waals surface area contributed by atoms with Crippen molar-refractivity contribution < 1.29 is 4.42 Å². The molecule has 1 aliphatic rings. The molecule has 0 radical (unpaired) electrons. The lowest BCUT2D eigenvalue weighted by atomic mass is 10.1. The maximum Gasteiger partial charge on any atom is 0.118 e. The first kappa shape index (κ1) is 13.6. The molecule has 0 saturated heterocycles. The van der Waals surface area contributed by atoms with Crippen LogP contribution in [0.5, 0.6) is 0 Å². The topological polar surface area (TPSA) is 28.4 Å². The van der Waals surface area contributed by atoms with Gasteiger partial charge in [0, 0.05) is 12.6 Å². The van der Waals surface area contributed by atoms with Crippen molar-refractivity contribution in [3.63, 3.8) is 0 Å². The van der Waals surface area contributed by atoms with E-state index in [1.165, 1.54) is 19.3 Å². The molecule has 0 spiro atoms. The van der Waals surface area contributed by atoms with Crippen molar-refractivity contribution in [1.29, 1.82) is 0 Å². The van der Waals surface area contributed by atoms with Crippen LogP contribution in [0.15, 0.2) is 16.5 Å². The fourth-order valence-electron chi connectivity index (χ4n) is 2.13. The SMILES string of the molecule is CCC(C)CN(C)Cc1ccc(CNC2CC2)o1. The molecule has 0 amide bonds. The lowest BCUT2D eigenvalue weighted by Crippen LogP contribution is -2.23. The van der Waals surface area contributed by atoms with Crippen LogP contribution in [0.1, 0.15) is 44.6 Å². The molecule has 1 saturated carbocycles. The molecule has 1 aliphatic carbocycles. The minimum absolute atomic E-state index is 0.742. The van der Waals surface area contributed by atoms with Gasteiger partial charge in [0.2, 0.25) is 0 Å². The number of nitrogens with one attached hydrogen (secondary N) is 1. The van der Waals surface area contributed by atoms with Crippen LogP contribution in [0.4, 0.5) is 0 Å². The van der Waals surface area contributed by atoms with Crippen LogP contribution in [0.2, 0.25) is 0 Å². The van der Waals surface area contributed by atoms with Gasteiger partial charge in [-0.3, -0.25) is 4.90 Å². The number of hydrogen-bond donors (Lipinski definition) is 1. The second kappa shape index (κ2) is 6.39. The van der Waals surface area contributed by atoms with E-state index >= 15 is 0 Å². The first-order valence-electron chi connectivity index (χ1n) is 7.17. The molecule has 0 bridgehead atoms. The van der Waals surface area contributed by atoms with E-state index in [-0.39, 0.29) is 0 Å². The van der Waals surface area contributed by atoms with Gasteiger partial charge >= 0.3 is 0 Å². The summed E-state index contributed by atoms with van der Waals surface area (Å²) in [6, 6.07) is 4.95. The molecule has 1 heterocycles. The van der Waals surface area contributed by atoms with Crippen molar-refractivity contribution in [3.8, 4) is 0 Å². The summed E-state index contributed by atoms with van der Waals surface area (Å²) in [6.07, 6.45) is 3.88. The van der Waals surface area contributed by atoms with E-state index in [0.717, 1.165) is 43.1 Å². The zero-order valence-electron chi connectivity index (χ0n) is 11.9. The van der Waals surface area contributed by atoms with Crippen LogP contribution in [0.25, 0.3) is 0 Å². The quantitative estimate of drug-likeness (QED) is 0.769. The fourth-order valence-corrected chi connectivity index (χ4v) is 2.13. The Labute approximate surface area is 111 Å². The molecule has 102 valence electrons. The lowest BCUT2D eigenvalue weighted by Gasteiger charge is -2.19. The summed E-state index contributed by atoms with van der Waals surface area (Å²) in [4.78, 5) is 2.34. The Kier molecular flexibility index (Phi) is 4.84. The van der Waals surface area contributed by atoms with Gasteiger partial charge in [0.15, 0.2) is 0 Å². The average molecular weight is 250 g/mol. The second-order valence-corrected chi connectivity index (χ2v) is 5.73.